The number of esters is 1. The molecule has 0 aliphatic rings. The van der Waals surface area contributed by atoms with Gasteiger partial charge in [0.05, 0.1) is 18.8 Å². The molecule has 3 nitrogen and oxygen atoms in total. The molecule has 0 amide bonds. The standard InChI is InChI=1S/C13H18O3/c1-4-5-10(2)16-12-8-6-11(7-9-12)13(14)15-3/h6-10H,4-5H2,1-3H3. The van der Waals surface area contributed by atoms with Crippen molar-refractivity contribution in [3.63, 3.8) is 0 Å². The normalized spacial score (nSPS) is 11.9. The number of rotatable bonds is 5. The van der Waals surface area contributed by atoms with Gasteiger partial charge in [0, 0.05) is 0 Å². The summed E-state index contributed by atoms with van der Waals surface area (Å²) in [5.74, 6) is 0.460. The van der Waals surface area contributed by atoms with Gasteiger partial charge in [-0.1, -0.05) is 13.3 Å². The summed E-state index contributed by atoms with van der Waals surface area (Å²) >= 11 is 0. The Morgan fingerprint density at radius 1 is 1.31 bits per heavy atom. The minimum Gasteiger partial charge on any atom is -0.491 e. The number of methoxy groups -OCH3 is 1. The molecule has 0 spiro atoms. The molecule has 0 aliphatic carbocycles. The summed E-state index contributed by atoms with van der Waals surface area (Å²) in [7, 11) is 1.37. The first-order valence-electron chi connectivity index (χ1n) is 5.52. The van der Waals surface area contributed by atoms with Gasteiger partial charge in [-0.2, -0.15) is 0 Å². The van der Waals surface area contributed by atoms with E-state index in [9.17, 15) is 4.79 Å². The highest BCUT2D eigenvalue weighted by Crippen LogP contribution is 2.15. The second-order valence-electron chi connectivity index (χ2n) is 3.73. The Morgan fingerprint density at radius 3 is 2.44 bits per heavy atom. The van der Waals surface area contributed by atoms with Crippen molar-refractivity contribution in [2.75, 3.05) is 7.11 Å². The van der Waals surface area contributed by atoms with Crippen molar-refractivity contribution in [1.29, 1.82) is 0 Å². The van der Waals surface area contributed by atoms with Crippen LogP contribution in [0.15, 0.2) is 24.3 Å². The number of benzene rings is 1. The van der Waals surface area contributed by atoms with Gasteiger partial charge >= 0.3 is 5.97 Å². The summed E-state index contributed by atoms with van der Waals surface area (Å²) < 4.78 is 10.3. The van der Waals surface area contributed by atoms with Crippen LogP contribution >= 0.6 is 0 Å². The highest BCUT2D eigenvalue weighted by molar-refractivity contribution is 5.89. The molecule has 1 aromatic carbocycles. The van der Waals surface area contributed by atoms with Gasteiger partial charge < -0.3 is 9.47 Å². The lowest BCUT2D eigenvalue weighted by Gasteiger charge is -2.13. The molecule has 3 heteroatoms. The summed E-state index contributed by atoms with van der Waals surface area (Å²) in [6.45, 7) is 4.16. The fourth-order valence-corrected chi connectivity index (χ4v) is 1.49. The van der Waals surface area contributed by atoms with Gasteiger partial charge in [0.1, 0.15) is 5.75 Å². The molecule has 1 unspecified atom stereocenters. The number of carbonyl (C=O) groups excluding carboxylic acids is 1. The number of ether oxygens (including phenoxy) is 2. The zero-order valence-electron chi connectivity index (χ0n) is 10.0. The second-order valence-corrected chi connectivity index (χ2v) is 3.73. The highest BCUT2D eigenvalue weighted by Gasteiger charge is 2.06. The Kier molecular flexibility index (Phi) is 4.83. The van der Waals surface area contributed by atoms with Gasteiger partial charge in [-0.25, -0.2) is 4.79 Å². The summed E-state index contributed by atoms with van der Waals surface area (Å²) in [6.07, 6.45) is 2.33. The Labute approximate surface area is 96.4 Å². The second kappa shape index (κ2) is 6.16. The van der Waals surface area contributed by atoms with Crippen molar-refractivity contribution in [3.8, 4) is 5.75 Å². The molecule has 1 aromatic rings. The van der Waals surface area contributed by atoms with Gasteiger partial charge in [-0.05, 0) is 37.6 Å². The van der Waals surface area contributed by atoms with Gasteiger partial charge in [0.25, 0.3) is 0 Å². The molecule has 0 aliphatic heterocycles. The zero-order chi connectivity index (χ0) is 12.0. The lowest BCUT2D eigenvalue weighted by atomic mass is 10.2. The number of hydrogen-bond donors (Lipinski definition) is 0. The summed E-state index contributed by atoms with van der Waals surface area (Å²) in [6, 6.07) is 7.00. The van der Waals surface area contributed by atoms with E-state index in [4.69, 9.17) is 4.74 Å². The van der Waals surface area contributed by atoms with Crippen LogP contribution < -0.4 is 4.74 Å². The van der Waals surface area contributed by atoms with Gasteiger partial charge in [0.15, 0.2) is 0 Å². The van der Waals surface area contributed by atoms with E-state index >= 15 is 0 Å². The maximum Gasteiger partial charge on any atom is 0.337 e. The molecule has 1 atom stereocenters. The Hall–Kier alpha value is -1.51. The van der Waals surface area contributed by atoms with Crippen molar-refractivity contribution in [2.45, 2.75) is 32.8 Å². The smallest absolute Gasteiger partial charge is 0.337 e. The van der Waals surface area contributed by atoms with Crippen LogP contribution in [-0.2, 0) is 4.74 Å². The molecular formula is C13H18O3. The summed E-state index contributed by atoms with van der Waals surface area (Å²) in [5, 5.41) is 0. The topological polar surface area (TPSA) is 35.5 Å². The largest absolute Gasteiger partial charge is 0.491 e. The molecular weight excluding hydrogens is 204 g/mol. The van der Waals surface area contributed by atoms with Gasteiger partial charge in [-0.3, -0.25) is 0 Å². The third kappa shape index (κ3) is 3.57. The Bertz CT molecular complexity index is 330. The quantitative estimate of drug-likeness (QED) is 0.718. The minimum atomic E-state index is -0.326. The zero-order valence-corrected chi connectivity index (χ0v) is 10.0. The minimum absolute atomic E-state index is 0.203. The van der Waals surface area contributed by atoms with Crippen LogP contribution in [0.1, 0.15) is 37.0 Å². The number of carbonyl (C=O) groups is 1. The lowest BCUT2D eigenvalue weighted by molar-refractivity contribution is 0.0600. The maximum atomic E-state index is 11.2. The van der Waals surface area contributed by atoms with E-state index in [1.165, 1.54) is 7.11 Å². The Balaban J connectivity index is 2.61. The summed E-state index contributed by atoms with van der Waals surface area (Å²) in [4.78, 5) is 11.2. The van der Waals surface area contributed by atoms with Crippen molar-refractivity contribution in [2.24, 2.45) is 0 Å². The van der Waals surface area contributed by atoms with Crippen LogP contribution in [0.2, 0.25) is 0 Å². The van der Waals surface area contributed by atoms with Crippen LogP contribution in [0, 0.1) is 0 Å². The number of hydrogen-bond acceptors (Lipinski definition) is 3. The Morgan fingerprint density at radius 2 is 1.94 bits per heavy atom. The average molecular weight is 222 g/mol. The fraction of sp³-hybridized carbons (Fsp3) is 0.462. The summed E-state index contributed by atoms with van der Waals surface area (Å²) in [5.41, 5.74) is 0.540. The highest BCUT2D eigenvalue weighted by atomic mass is 16.5. The predicted octanol–water partition coefficient (Wildman–Crippen LogP) is 3.04. The molecule has 0 saturated heterocycles. The van der Waals surface area contributed by atoms with E-state index in [1.54, 1.807) is 24.3 Å². The molecule has 0 N–H and O–H groups in total. The third-order valence-corrected chi connectivity index (χ3v) is 2.31. The molecule has 0 fully saturated rings. The van der Waals surface area contributed by atoms with E-state index in [0.29, 0.717) is 5.56 Å². The molecule has 16 heavy (non-hydrogen) atoms. The van der Waals surface area contributed by atoms with Crippen LogP contribution in [0.25, 0.3) is 0 Å². The predicted molar refractivity (Wildman–Crippen MR) is 62.8 cm³/mol. The fourth-order valence-electron chi connectivity index (χ4n) is 1.49. The van der Waals surface area contributed by atoms with Crippen LogP contribution in [0.3, 0.4) is 0 Å². The lowest BCUT2D eigenvalue weighted by Crippen LogP contribution is -2.11. The van der Waals surface area contributed by atoms with E-state index in [1.807, 2.05) is 6.92 Å². The van der Waals surface area contributed by atoms with Crippen LogP contribution in [0.4, 0.5) is 0 Å². The van der Waals surface area contributed by atoms with E-state index in [0.717, 1.165) is 18.6 Å². The molecule has 0 aromatic heterocycles. The SMILES string of the molecule is CCCC(C)Oc1ccc(C(=O)OC)cc1. The van der Waals surface area contributed by atoms with Crippen LogP contribution in [0.5, 0.6) is 5.75 Å². The average Bonchev–Trinajstić information content (AvgIpc) is 2.29. The molecule has 0 saturated carbocycles. The van der Waals surface area contributed by atoms with Crippen LogP contribution in [-0.4, -0.2) is 19.2 Å². The molecule has 1 rings (SSSR count). The van der Waals surface area contributed by atoms with E-state index in [2.05, 4.69) is 11.7 Å². The first-order chi connectivity index (χ1) is 7.67. The monoisotopic (exact) mass is 222 g/mol. The van der Waals surface area contributed by atoms with Gasteiger partial charge in [0.2, 0.25) is 0 Å². The molecule has 0 bridgehead atoms. The van der Waals surface area contributed by atoms with E-state index in [-0.39, 0.29) is 12.1 Å². The van der Waals surface area contributed by atoms with E-state index < -0.39 is 0 Å². The van der Waals surface area contributed by atoms with Gasteiger partial charge in [-0.15, -0.1) is 0 Å². The van der Waals surface area contributed by atoms with Crippen molar-refractivity contribution in [1.82, 2.24) is 0 Å². The van der Waals surface area contributed by atoms with Crippen molar-refractivity contribution < 1.29 is 14.3 Å². The molecule has 0 radical (unpaired) electrons. The third-order valence-electron chi connectivity index (χ3n) is 2.31. The van der Waals surface area contributed by atoms with Crippen molar-refractivity contribution >= 4 is 5.97 Å². The first-order valence-corrected chi connectivity index (χ1v) is 5.52. The van der Waals surface area contributed by atoms with Crippen molar-refractivity contribution in [3.05, 3.63) is 29.8 Å². The molecule has 88 valence electrons. The molecule has 0 heterocycles. The maximum absolute atomic E-state index is 11.2. The first kappa shape index (κ1) is 12.6.